The minimum Gasteiger partial charge on any atom is -0.458 e. The molecule has 8 nitrogen and oxygen atoms in total. The van der Waals surface area contributed by atoms with Gasteiger partial charge in [0.25, 0.3) is 0 Å². The molecular formula is C10H16N4O4. The molecule has 0 aliphatic rings. The van der Waals surface area contributed by atoms with Crippen molar-refractivity contribution in [3.05, 3.63) is 11.4 Å². The van der Waals surface area contributed by atoms with Crippen molar-refractivity contribution >= 4 is 11.9 Å². The molecule has 0 atom stereocenters. The summed E-state index contributed by atoms with van der Waals surface area (Å²) in [5.41, 5.74) is 0.594. The summed E-state index contributed by atoms with van der Waals surface area (Å²) >= 11 is 0. The minimum atomic E-state index is -0.576. The fourth-order valence-electron chi connectivity index (χ4n) is 1.20. The molecule has 0 saturated heterocycles. The number of methoxy groups -OCH3 is 1. The molecule has 1 amide bonds. The van der Waals surface area contributed by atoms with Crippen molar-refractivity contribution < 1.29 is 19.1 Å². The number of rotatable bonds is 6. The van der Waals surface area contributed by atoms with E-state index >= 15 is 0 Å². The predicted molar refractivity (Wildman–Crippen MR) is 61.0 cm³/mol. The molecule has 18 heavy (non-hydrogen) atoms. The summed E-state index contributed by atoms with van der Waals surface area (Å²) < 4.78 is 11.0. The van der Waals surface area contributed by atoms with Crippen LogP contribution in [0.4, 0.5) is 0 Å². The first-order valence-electron chi connectivity index (χ1n) is 5.36. The van der Waals surface area contributed by atoms with E-state index in [1.165, 1.54) is 18.8 Å². The van der Waals surface area contributed by atoms with Crippen LogP contribution in [0.1, 0.15) is 16.2 Å². The third kappa shape index (κ3) is 3.52. The molecule has 0 fully saturated rings. The van der Waals surface area contributed by atoms with Crippen LogP contribution in [-0.2, 0) is 20.8 Å². The van der Waals surface area contributed by atoms with E-state index in [9.17, 15) is 9.59 Å². The van der Waals surface area contributed by atoms with Crippen molar-refractivity contribution in [2.75, 3.05) is 27.4 Å². The van der Waals surface area contributed by atoms with Gasteiger partial charge in [-0.15, -0.1) is 5.10 Å². The van der Waals surface area contributed by atoms with Crippen molar-refractivity contribution in [2.45, 2.75) is 13.5 Å². The molecule has 0 aliphatic heterocycles. The minimum absolute atomic E-state index is 0.0146. The van der Waals surface area contributed by atoms with E-state index in [0.717, 1.165) is 0 Å². The quantitative estimate of drug-likeness (QED) is 0.525. The number of ether oxygens (including phenoxy) is 2. The summed E-state index contributed by atoms with van der Waals surface area (Å²) in [6.45, 7) is 2.13. The van der Waals surface area contributed by atoms with Gasteiger partial charge in [0.2, 0.25) is 5.91 Å². The molecule has 1 N–H and O–H groups in total. The third-order valence-electron chi connectivity index (χ3n) is 2.27. The Kier molecular flexibility index (Phi) is 5.25. The third-order valence-corrected chi connectivity index (χ3v) is 2.27. The standard InChI is InChI=1S/C10H16N4O4/c1-7-9(10(16)18-5-4-17-3)12-13-14(7)6-8(15)11-2/h4-6H2,1-3H3,(H,11,15). The van der Waals surface area contributed by atoms with Crippen molar-refractivity contribution in [2.24, 2.45) is 0 Å². The molecule has 1 heterocycles. The second-order valence-corrected chi connectivity index (χ2v) is 3.48. The molecule has 8 heteroatoms. The molecule has 1 rings (SSSR count). The second-order valence-electron chi connectivity index (χ2n) is 3.48. The van der Waals surface area contributed by atoms with Gasteiger partial charge in [0, 0.05) is 14.2 Å². The molecule has 0 radical (unpaired) electrons. The monoisotopic (exact) mass is 256 g/mol. The molecule has 0 unspecified atom stereocenters. The van der Waals surface area contributed by atoms with E-state index in [1.807, 2.05) is 0 Å². The largest absolute Gasteiger partial charge is 0.458 e. The summed E-state index contributed by atoms with van der Waals surface area (Å²) in [5.74, 6) is -0.796. The lowest BCUT2D eigenvalue weighted by atomic mass is 10.3. The van der Waals surface area contributed by atoms with Gasteiger partial charge in [0.1, 0.15) is 13.2 Å². The summed E-state index contributed by atoms with van der Waals surface area (Å²) in [4.78, 5) is 22.8. The van der Waals surface area contributed by atoms with Gasteiger partial charge in [-0.3, -0.25) is 4.79 Å². The first kappa shape index (κ1) is 14.1. The van der Waals surface area contributed by atoms with E-state index in [2.05, 4.69) is 15.6 Å². The Morgan fingerprint density at radius 2 is 2.11 bits per heavy atom. The Labute approximate surface area is 104 Å². The Balaban J connectivity index is 2.67. The van der Waals surface area contributed by atoms with E-state index in [-0.39, 0.29) is 24.8 Å². The maximum Gasteiger partial charge on any atom is 0.360 e. The molecule has 0 saturated carbocycles. The van der Waals surface area contributed by atoms with E-state index in [0.29, 0.717) is 12.3 Å². The van der Waals surface area contributed by atoms with Crippen LogP contribution in [0, 0.1) is 6.92 Å². The van der Waals surface area contributed by atoms with Crippen LogP contribution in [-0.4, -0.2) is 54.2 Å². The van der Waals surface area contributed by atoms with Gasteiger partial charge < -0.3 is 14.8 Å². The number of nitrogens with one attached hydrogen (secondary N) is 1. The van der Waals surface area contributed by atoms with E-state index < -0.39 is 5.97 Å². The number of carbonyl (C=O) groups is 2. The van der Waals surface area contributed by atoms with Gasteiger partial charge in [0.05, 0.1) is 12.3 Å². The Hall–Kier alpha value is -1.96. The molecule has 0 bridgehead atoms. The van der Waals surface area contributed by atoms with Gasteiger partial charge >= 0.3 is 5.97 Å². The number of likely N-dealkylation sites (N-methyl/N-ethyl adjacent to an activating group) is 1. The van der Waals surface area contributed by atoms with Gasteiger partial charge in [0.15, 0.2) is 5.69 Å². The van der Waals surface area contributed by atoms with Crippen molar-refractivity contribution in [1.29, 1.82) is 0 Å². The summed E-state index contributed by atoms with van der Waals surface area (Å²) in [5, 5.41) is 9.89. The van der Waals surface area contributed by atoms with Crippen LogP contribution in [0.3, 0.4) is 0 Å². The lowest BCUT2D eigenvalue weighted by Gasteiger charge is -2.03. The van der Waals surface area contributed by atoms with Crippen LogP contribution < -0.4 is 5.32 Å². The first-order valence-corrected chi connectivity index (χ1v) is 5.36. The van der Waals surface area contributed by atoms with E-state index in [1.54, 1.807) is 6.92 Å². The highest BCUT2D eigenvalue weighted by atomic mass is 16.6. The number of carbonyl (C=O) groups excluding carboxylic acids is 2. The second kappa shape index (κ2) is 6.70. The van der Waals surface area contributed by atoms with Crippen LogP contribution in [0.25, 0.3) is 0 Å². The molecule has 0 aliphatic carbocycles. The highest BCUT2D eigenvalue weighted by molar-refractivity contribution is 5.88. The number of nitrogens with zero attached hydrogens (tertiary/aromatic N) is 3. The normalized spacial score (nSPS) is 10.2. The molecule has 1 aromatic rings. The number of aromatic nitrogens is 3. The zero-order valence-electron chi connectivity index (χ0n) is 10.6. The fourth-order valence-corrected chi connectivity index (χ4v) is 1.20. The van der Waals surface area contributed by atoms with Gasteiger partial charge in [-0.2, -0.15) is 0 Å². The highest BCUT2D eigenvalue weighted by Gasteiger charge is 2.18. The summed E-state index contributed by atoms with van der Waals surface area (Å²) in [6, 6.07) is 0. The van der Waals surface area contributed by atoms with Crippen molar-refractivity contribution in [3.63, 3.8) is 0 Å². The molecule has 0 aromatic carbocycles. The van der Waals surface area contributed by atoms with Crippen LogP contribution in [0.15, 0.2) is 0 Å². The van der Waals surface area contributed by atoms with Crippen LogP contribution in [0.5, 0.6) is 0 Å². The lowest BCUT2D eigenvalue weighted by molar-refractivity contribution is -0.121. The number of hydrogen-bond acceptors (Lipinski definition) is 6. The van der Waals surface area contributed by atoms with Gasteiger partial charge in [-0.1, -0.05) is 5.21 Å². The van der Waals surface area contributed by atoms with Crippen LogP contribution in [0.2, 0.25) is 0 Å². The average molecular weight is 256 g/mol. The zero-order chi connectivity index (χ0) is 13.5. The summed E-state index contributed by atoms with van der Waals surface area (Å²) in [7, 11) is 3.03. The van der Waals surface area contributed by atoms with Gasteiger partial charge in [-0.05, 0) is 6.92 Å². The average Bonchev–Trinajstić information content (AvgIpc) is 2.71. The molecule has 0 spiro atoms. The Morgan fingerprint density at radius 1 is 1.39 bits per heavy atom. The highest BCUT2D eigenvalue weighted by Crippen LogP contribution is 2.05. The maximum atomic E-state index is 11.6. The number of hydrogen-bond donors (Lipinski definition) is 1. The smallest absolute Gasteiger partial charge is 0.360 e. The van der Waals surface area contributed by atoms with Gasteiger partial charge in [-0.25, -0.2) is 9.48 Å². The van der Waals surface area contributed by atoms with Crippen molar-refractivity contribution in [1.82, 2.24) is 20.3 Å². The summed E-state index contributed by atoms with van der Waals surface area (Å²) in [6.07, 6.45) is 0. The maximum absolute atomic E-state index is 11.6. The Morgan fingerprint density at radius 3 is 2.72 bits per heavy atom. The van der Waals surface area contributed by atoms with E-state index in [4.69, 9.17) is 9.47 Å². The molecule has 1 aromatic heterocycles. The molecular weight excluding hydrogens is 240 g/mol. The number of esters is 1. The van der Waals surface area contributed by atoms with Crippen molar-refractivity contribution in [3.8, 4) is 0 Å². The topological polar surface area (TPSA) is 95.3 Å². The van der Waals surface area contributed by atoms with Crippen LogP contribution >= 0.6 is 0 Å². The SMILES string of the molecule is CNC(=O)Cn1nnc(C(=O)OCCOC)c1C. The molecule has 100 valence electrons. The lowest BCUT2D eigenvalue weighted by Crippen LogP contribution is -2.24. The zero-order valence-corrected chi connectivity index (χ0v) is 10.6. The number of amides is 1. The Bertz CT molecular complexity index is 430. The fraction of sp³-hybridized carbons (Fsp3) is 0.600. The first-order chi connectivity index (χ1) is 8.60. The predicted octanol–water partition coefficient (Wildman–Crippen LogP) is -0.864.